The summed E-state index contributed by atoms with van der Waals surface area (Å²) in [6.07, 6.45) is 5.25. The van der Waals surface area contributed by atoms with Crippen LogP contribution in [0.3, 0.4) is 0 Å². The third-order valence-electron chi connectivity index (χ3n) is 6.39. The standard InChI is InChI=1S/C28H21N7O2/c1-18-23-24(19-9-8-14-29-15-19)25-26-31-22(16-36-21-12-6-3-7-13-21)33-34(26)17-30-27(25)37-28(23)35(32-18)20-10-4-2-5-11-20/h2-15,17,24H,16H2,1H3. The monoisotopic (exact) mass is 487 g/mol. The fourth-order valence-corrected chi connectivity index (χ4v) is 4.77. The molecule has 1 aliphatic heterocycles. The predicted molar refractivity (Wildman–Crippen MR) is 135 cm³/mol. The van der Waals surface area contributed by atoms with Gasteiger partial charge in [-0.3, -0.25) is 4.98 Å². The normalized spacial score (nSPS) is 14.1. The van der Waals surface area contributed by atoms with Gasteiger partial charge in [0.2, 0.25) is 11.8 Å². The Morgan fingerprint density at radius 3 is 2.51 bits per heavy atom. The summed E-state index contributed by atoms with van der Waals surface area (Å²) < 4.78 is 15.8. The zero-order valence-electron chi connectivity index (χ0n) is 19.9. The summed E-state index contributed by atoms with van der Waals surface area (Å²) in [5.74, 6) is 2.16. The van der Waals surface area contributed by atoms with Crippen molar-refractivity contribution >= 4 is 5.65 Å². The molecule has 0 radical (unpaired) electrons. The van der Waals surface area contributed by atoms with E-state index in [2.05, 4.69) is 21.1 Å². The molecule has 9 nitrogen and oxygen atoms in total. The number of para-hydroxylation sites is 2. The van der Waals surface area contributed by atoms with E-state index in [4.69, 9.17) is 19.6 Å². The van der Waals surface area contributed by atoms with Crippen molar-refractivity contribution in [2.45, 2.75) is 19.4 Å². The first-order valence-electron chi connectivity index (χ1n) is 11.9. The molecule has 1 atom stereocenters. The summed E-state index contributed by atoms with van der Waals surface area (Å²) >= 11 is 0. The second-order valence-corrected chi connectivity index (χ2v) is 8.73. The number of benzene rings is 2. The molecule has 0 fully saturated rings. The summed E-state index contributed by atoms with van der Waals surface area (Å²) in [5.41, 5.74) is 5.17. The van der Waals surface area contributed by atoms with Gasteiger partial charge < -0.3 is 9.47 Å². The van der Waals surface area contributed by atoms with Gasteiger partial charge in [-0.05, 0) is 42.8 Å². The molecule has 0 bridgehead atoms. The fraction of sp³-hybridized carbons (Fsp3) is 0.107. The Labute approximate surface area is 212 Å². The maximum Gasteiger partial charge on any atom is 0.230 e. The van der Waals surface area contributed by atoms with Gasteiger partial charge in [-0.15, -0.1) is 5.10 Å². The maximum atomic E-state index is 6.44. The Bertz CT molecular complexity index is 1710. The Morgan fingerprint density at radius 1 is 0.919 bits per heavy atom. The zero-order valence-corrected chi connectivity index (χ0v) is 19.9. The number of ether oxygens (including phenoxy) is 2. The van der Waals surface area contributed by atoms with Gasteiger partial charge in [-0.1, -0.05) is 42.5 Å². The molecule has 6 aromatic rings. The van der Waals surface area contributed by atoms with E-state index in [1.165, 1.54) is 0 Å². The third kappa shape index (κ3) is 3.59. The lowest BCUT2D eigenvalue weighted by atomic mass is 9.85. The van der Waals surface area contributed by atoms with Gasteiger partial charge in [0.05, 0.1) is 28.4 Å². The van der Waals surface area contributed by atoms with Gasteiger partial charge in [0, 0.05) is 12.4 Å². The molecule has 4 aromatic heterocycles. The summed E-state index contributed by atoms with van der Waals surface area (Å²) in [6.45, 7) is 2.22. The van der Waals surface area contributed by atoms with Crippen molar-refractivity contribution in [2.75, 3.05) is 0 Å². The van der Waals surface area contributed by atoms with Crippen LogP contribution in [0.5, 0.6) is 17.5 Å². The second kappa shape index (κ2) is 8.56. The van der Waals surface area contributed by atoms with Crippen molar-refractivity contribution in [3.8, 4) is 23.2 Å². The summed E-state index contributed by atoms with van der Waals surface area (Å²) in [7, 11) is 0. The molecule has 9 heteroatoms. The van der Waals surface area contributed by atoms with Crippen molar-refractivity contribution in [1.82, 2.24) is 34.3 Å². The van der Waals surface area contributed by atoms with Crippen molar-refractivity contribution in [3.63, 3.8) is 0 Å². The molecule has 0 spiro atoms. The molecule has 1 aliphatic rings. The van der Waals surface area contributed by atoms with E-state index in [1.807, 2.05) is 84.5 Å². The van der Waals surface area contributed by atoms with Gasteiger partial charge in [0.25, 0.3) is 0 Å². The Balaban J connectivity index is 1.38. The van der Waals surface area contributed by atoms with Gasteiger partial charge in [0.1, 0.15) is 18.7 Å². The van der Waals surface area contributed by atoms with Gasteiger partial charge in [-0.2, -0.15) is 5.10 Å². The van der Waals surface area contributed by atoms with Crippen LogP contribution >= 0.6 is 0 Å². The Hall–Kier alpha value is -5.05. The van der Waals surface area contributed by atoms with Crippen LogP contribution in [-0.4, -0.2) is 34.3 Å². The van der Waals surface area contributed by atoms with Crippen molar-refractivity contribution < 1.29 is 9.47 Å². The predicted octanol–water partition coefficient (Wildman–Crippen LogP) is 4.88. The first-order chi connectivity index (χ1) is 18.3. The minimum Gasteiger partial charge on any atom is -0.486 e. The van der Waals surface area contributed by atoms with Crippen LogP contribution in [0, 0.1) is 6.92 Å². The number of pyridine rings is 1. The number of fused-ring (bicyclic) bond motifs is 4. The van der Waals surface area contributed by atoms with Crippen LogP contribution in [-0.2, 0) is 6.61 Å². The average Bonchev–Trinajstić information content (AvgIpc) is 3.53. The van der Waals surface area contributed by atoms with Crippen LogP contribution in [0.2, 0.25) is 0 Å². The smallest absolute Gasteiger partial charge is 0.230 e. The molecule has 7 rings (SSSR count). The molecule has 1 unspecified atom stereocenters. The lowest BCUT2D eigenvalue weighted by Crippen LogP contribution is -2.16. The van der Waals surface area contributed by atoms with E-state index in [9.17, 15) is 0 Å². The van der Waals surface area contributed by atoms with Crippen LogP contribution in [0.15, 0.2) is 91.5 Å². The second-order valence-electron chi connectivity index (χ2n) is 8.73. The highest BCUT2D eigenvalue weighted by atomic mass is 16.5. The molecular formula is C28H21N7O2. The largest absolute Gasteiger partial charge is 0.486 e. The maximum absolute atomic E-state index is 6.44. The Kier molecular flexibility index (Phi) is 4.92. The molecule has 0 saturated heterocycles. The number of rotatable bonds is 5. The van der Waals surface area contributed by atoms with E-state index in [0.717, 1.165) is 33.8 Å². The number of nitrogens with zero attached hydrogens (tertiary/aromatic N) is 7. The van der Waals surface area contributed by atoms with Crippen molar-refractivity contribution in [1.29, 1.82) is 0 Å². The fourth-order valence-electron chi connectivity index (χ4n) is 4.77. The van der Waals surface area contributed by atoms with Gasteiger partial charge in [-0.25, -0.2) is 19.2 Å². The lowest BCUT2D eigenvalue weighted by Gasteiger charge is -2.26. The molecule has 0 N–H and O–H groups in total. The molecule has 37 heavy (non-hydrogen) atoms. The van der Waals surface area contributed by atoms with Crippen molar-refractivity contribution in [3.05, 3.63) is 120 Å². The van der Waals surface area contributed by atoms with E-state index in [-0.39, 0.29) is 12.5 Å². The molecule has 5 heterocycles. The van der Waals surface area contributed by atoms with E-state index < -0.39 is 0 Å². The molecule has 2 aromatic carbocycles. The Morgan fingerprint density at radius 2 is 1.73 bits per heavy atom. The van der Waals surface area contributed by atoms with Crippen LogP contribution < -0.4 is 9.47 Å². The molecule has 180 valence electrons. The number of aryl methyl sites for hydroxylation is 1. The van der Waals surface area contributed by atoms with Gasteiger partial charge in [0.15, 0.2) is 11.5 Å². The van der Waals surface area contributed by atoms with E-state index in [0.29, 0.717) is 23.2 Å². The quantitative estimate of drug-likeness (QED) is 0.342. The highest BCUT2D eigenvalue weighted by molar-refractivity contribution is 5.66. The summed E-state index contributed by atoms with van der Waals surface area (Å²) in [6, 6.07) is 23.5. The summed E-state index contributed by atoms with van der Waals surface area (Å²) in [4.78, 5) is 13.9. The minimum absolute atomic E-state index is 0.231. The number of hydrogen-bond donors (Lipinski definition) is 0. The lowest BCUT2D eigenvalue weighted by molar-refractivity contribution is 0.296. The molecule has 0 amide bonds. The molecular weight excluding hydrogens is 466 g/mol. The third-order valence-corrected chi connectivity index (χ3v) is 6.39. The van der Waals surface area contributed by atoms with Crippen molar-refractivity contribution in [2.24, 2.45) is 0 Å². The highest BCUT2D eigenvalue weighted by Gasteiger charge is 2.38. The first-order valence-corrected chi connectivity index (χ1v) is 11.9. The number of hydrogen-bond acceptors (Lipinski definition) is 7. The molecule has 0 saturated carbocycles. The van der Waals surface area contributed by atoms with E-state index in [1.54, 1.807) is 17.0 Å². The topological polar surface area (TPSA) is 92.3 Å². The minimum atomic E-state index is -0.242. The number of aromatic nitrogens is 7. The first kappa shape index (κ1) is 21.3. The van der Waals surface area contributed by atoms with Crippen LogP contribution in [0.1, 0.15) is 34.1 Å². The highest BCUT2D eigenvalue weighted by Crippen LogP contribution is 2.49. The zero-order chi connectivity index (χ0) is 24.8. The SMILES string of the molecule is Cc1nn(-c2ccccc2)c2c1C(c1cccnc1)c1c(ncn3nc(COc4ccccc4)nc13)O2. The van der Waals surface area contributed by atoms with Crippen LogP contribution in [0.25, 0.3) is 11.3 Å². The average molecular weight is 488 g/mol. The van der Waals surface area contributed by atoms with Crippen LogP contribution in [0.4, 0.5) is 0 Å². The summed E-state index contributed by atoms with van der Waals surface area (Å²) in [5, 5.41) is 9.47. The van der Waals surface area contributed by atoms with Gasteiger partial charge >= 0.3 is 0 Å². The van der Waals surface area contributed by atoms with E-state index >= 15 is 0 Å². The molecule has 0 aliphatic carbocycles.